The molecule has 1 heterocycles. The fourth-order valence-electron chi connectivity index (χ4n) is 2.03. The van der Waals surface area contributed by atoms with Crippen molar-refractivity contribution in [1.82, 2.24) is 14.8 Å². The SMILES string of the molecule is CCN(CC)C(=O)CCNC(=O)c1cc(Br)cn1CC. The smallest absolute Gasteiger partial charge is 0.267 e. The highest BCUT2D eigenvalue weighted by molar-refractivity contribution is 9.10. The summed E-state index contributed by atoms with van der Waals surface area (Å²) in [5.41, 5.74) is 0.606. The largest absolute Gasteiger partial charge is 0.350 e. The number of aryl methyl sites for hydroxylation is 1. The Morgan fingerprint density at radius 3 is 2.50 bits per heavy atom. The number of rotatable bonds is 7. The maximum absolute atomic E-state index is 12.1. The van der Waals surface area contributed by atoms with Crippen molar-refractivity contribution in [2.24, 2.45) is 0 Å². The van der Waals surface area contributed by atoms with E-state index in [9.17, 15) is 9.59 Å². The molecule has 0 aliphatic carbocycles. The van der Waals surface area contributed by atoms with Gasteiger partial charge in [0.15, 0.2) is 0 Å². The number of hydrogen-bond acceptors (Lipinski definition) is 2. The fourth-order valence-corrected chi connectivity index (χ4v) is 2.50. The molecule has 0 unspecified atom stereocenters. The van der Waals surface area contributed by atoms with Gasteiger partial charge in [-0.15, -0.1) is 0 Å². The van der Waals surface area contributed by atoms with Crippen LogP contribution in [0.15, 0.2) is 16.7 Å². The molecule has 112 valence electrons. The van der Waals surface area contributed by atoms with E-state index in [1.54, 1.807) is 11.0 Å². The van der Waals surface area contributed by atoms with E-state index in [2.05, 4.69) is 21.2 Å². The summed E-state index contributed by atoms with van der Waals surface area (Å²) in [5, 5.41) is 2.79. The summed E-state index contributed by atoms with van der Waals surface area (Å²) in [6.07, 6.45) is 2.21. The van der Waals surface area contributed by atoms with Crippen molar-refractivity contribution in [3.05, 3.63) is 22.4 Å². The van der Waals surface area contributed by atoms with Crippen LogP contribution in [0.1, 0.15) is 37.7 Å². The zero-order chi connectivity index (χ0) is 15.1. The first kappa shape index (κ1) is 16.8. The standard InChI is InChI=1S/C14H22BrN3O2/c1-4-17(5-2)13(19)7-8-16-14(20)12-9-11(15)10-18(12)6-3/h9-10H,4-8H2,1-3H3,(H,16,20). The Morgan fingerprint density at radius 1 is 1.30 bits per heavy atom. The van der Waals surface area contributed by atoms with Gasteiger partial charge >= 0.3 is 0 Å². The third-order valence-corrected chi connectivity index (χ3v) is 3.61. The molecule has 0 saturated carbocycles. The molecule has 1 aromatic rings. The van der Waals surface area contributed by atoms with Crippen LogP contribution in [0.25, 0.3) is 0 Å². The lowest BCUT2D eigenvalue weighted by Gasteiger charge is -2.18. The van der Waals surface area contributed by atoms with E-state index in [0.717, 1.165) is 11.0 Å². The van der Waals surface area contributed by atoms with Crippen LogP contribution in [0.4, 0.5) is 0 Å². The van der Waals surface area contributed by atoms with Crippen molar-refractivity contribution in [2.75, 3.05) is 19.6 Å². The van der Waals surface area contributed by atoms with E-state index < -0.39 is 0 Å². The predicted octanol–water partition coefficient (Wildman–Crippen LogP) is 2.26. The summed E-state index contributed by atoms with van der Waals surface area (Å²) in [6, 6.07) is 1.78. The number of aromatic nitrogens is 1. The molecule has 0 atom stereocenters. The van der Waals surface area contributed by atoms with Crippen LogP contribution in [-0.4, -0.2) is 40.9 Å². The quantitative estimate of drug-likeness (QED) is 0.825. The average molecular weight is 344 g/mol. The van der Waals surface area contributed by atoms with Gasteiger partial charge in [-0.1, -0.05) is 0 Å². The minimum Gasteiger partial charge on any atom is -0.350 e. The Hall–Kier alpha value is -1.30. The molecule has 0 fully saturated rings. The number of carbonyl (C=O) groups is 2. The second-order valence-corrected chi connectivity index (χ2v) is 5.32. The normalized spacial score (nSPS) is 10.4. The molecule has 0 aliphatic heterocycles. The van der Waals surface area contributed by atoms with Gasteiger partial charge in [0.05, 0.1) is 0 Å². The summed E-state index contributed by atoms with van der Waals surface area (Å²) in [6.45, 7) is 8.38. The van der Waals surface area contributed by atoms with Crippen LogP contribution in [0.5, 0.6) is 0 Å². The first-order chi connectivity index (χ1) is 9.53. The van der Waals surface area contributed by atoms with Gasteiger partial charge in [-0.05, 0) is 42.8 Å². The van der Waals surface area contributed by atoms with E-state index in [-0.39, 0.29) is 11.8 Å². The highest BCUT2D eigenvalue weighted by atomic mass is 79.9. The van der Waals surface area contributed by atoms with Gasteiger partial charge < -0.3 is 14.8 Å². The second-order valence-electron chi connectivity index (χ2n) is 4.40. The molecule has 0 radical (unpaired) electrons. The summed E-state index contributed by atoms with van der Waals surface area (Å²) in [5.74, 6) is -0.0766. The summed E-state index contributed by atoms with van der Waals surface area (Å²) >= 11 is 3.36. The van der Waals surface area contributed by atoms with Gasteiger partial charge in [0.1, 0.15) is 5.69 Å². The maximum atomic E-state index is 12.1. The Kier molecular flexibility index (Phi) is 6.78. The van der Waals surface area contributed by atoms with Crippen molar-refractivity contribution >= 4 is 27.7 Å². The molecule has 0 saturated heterocycles. The van der Waals surface area contributed by atoms with Gasteiger partial charge in [0, 0.05) is 43.3 Å². The third kappa shape index (κ3) is 4.37. The van der Waals surface area contributed by atoms with Crippen molar-refractivity contribution in [3.8, 4) is 0 Å². The van der Waals surface area contributed by atoms with Gasteiger partial charge in [0.25, 0.3) is 5.91 Å². The van der Waals surface area contributed by atoms with Crippen LogP contribution in [0, 0.1) is 0 Å². The zero-order valence-corrected chi connectivity index (χ0v) is 13.9. The highest BCUT2D eigenvalue weighted by Gasteiger charge is 2.13. The maximum Gasteiger partial charge on any atom is 0.267 e. The molecule has 0 aliphatic rings. The van der Waals surface area contributed by atoms with Crippen molar-refractivity contribution < 1.29 is 9.59 Å². The number of carbonyl (C=O) groups excluding carboxylic acids is 2. The predicted molar refractivity (Wildman–Crippen MR) is 82.7 cm³/mol. The molecular weight excluding hydrogens is 322 g/mol. The van der Waals surface area contributed by atoms with Crippen molar-refractivity contribution in [2.45, 2.75) is 33.7 Å². The molecule has 1 aromatic heterocycles. The van der Waals surface area contributed by atoms with Gasteiger partial charge in [-0.25, -0.2) is 0 Å². The zero-order valence-electron chi connectivity index (χ0n) is 12.3. The Balaban J connectivity index is 2.49. The summed E-state index contributed by atoms with van der Waals surface area (Å²) < 4.78 is 2.75. The molecule has 0 bridgehead atoms. The van der Waals surface area contributed by atoms with Crippen molar-refractivity contribution in [1.29, 1.82) is 0 Å². The Bertz CT molecular complexity index is 467. The first-order valence-electron chi connectivity index (χ1n) is 6.95. The first-order valence-corrected chi connectivity index (χ1v) is 7.74. The minimum atomic E-state index is -0.148. The van der Waals surface area contributed by atoms with E-state index in [0.29, 0.717) is 31.7 Å². The highest BCUT2D eigenvalue weighted by Crippen LogP contribution is 2.14. The number of amides is 2. The van der Waals surface area contributed by atoms with Crippen LogP contribution < -0.4 is 5.32 Å². The molecule has 0 spiro atoms. The van der Waals surface area contributed by atoms with E-state index in [1.165, 1.54) is 0 Å². The van der Waals surface area contributed by atoms with Crippen LogP contribution in [-0.2, 0) is 11.3 Å². The van der Waals surface area contributed by atoms with Crippen LogP contribution in [0.2, 0.25) is 0 Å². The van der Waals surface area contributed by atoms with E-state index in [1.807, 2.05) is 31.5 Å². The summed E-state index contributed by atoms with van der Waals surface area (Å²) in [4.78, 5) is 25.6. The van der Waals surface area contributed by atoms with Crippen LogP contribution >= 0.6 is 15.9 Å². The average Bonchev–Trinajstić information content (AvgIpc) is 2.81. The lowest BCUT2D eigenvalue weighted by Crippen LogP contribution is -2.34. The molecule has 1 N–H and O–H groups in total. The third-order valence-electron chi connectivity index (χ3n) is 3.18. The number of nitrogens with one attached hydrogen (secondary N) is 1. The lowest BCUT2D eigenvalue weighted by molar-refractivity contribution is -0.130. The number of nitrogens with zero attached hydrogens (tertiary/aromatic N) is 2. The minimum absolute atomic E-state index is 0.0716. The Morgan fingerprint density at radius 2 is 1.95 bits per heavy atom. The Labute approximate surface area is 128 Å². The summed E-state index contributed by atoms with van der Waals surface area (Å²) in [7, 11) is 0. The molecule has 1 rings (SSSR count). The topological polar surface area (TPSA) is 54.3 Å². The number of halogens is 1. The fraction of sp³-hybridized carbons (Fsp3) is 0.571. The molecular formula is C14H22BrN3O2. The lowest BCUT2D eigenvalue weighted by atomic mass is 10.3. The van der Waals surface area contributed by atoms with Gasteiger partial charge in [0.2, 0.25) is 5.91 Å². The molecule has 5 nitrogen and oxygen atoms in total. The van der Waals surface area contributed by atoms with Gasteiger partial charge in [-0.3, -0.25) is 9.59 Å². The molecule has 0 aromatic carbocycles. The van der Waals surface area contributed by atoms with E-state index in [4.69, 9.17) is 0 Å². The number of hydrogen-bond donors (Lipinski definition) is 1. The van der Waals surface area contributed by atoms with Crippen LogP contribution in [0.3, 0.4) is 0 Å². The second kappa shape index (κ2) is 8.09. The van der Waals surface area contributed by atoms with Gasteiger partial charge in [-0.2, -0.15) is 0 Å². The van der Waals surface area contributed by atoms with Crippen molar-refractivity contribution in [3.63, 3.8) is 0 Å². The molecule has 20 heavy (non-hydrogen) atoms. The monoisotopic (exact) mass is 343 g/mol. The molecule has 2 amide bonds. The molecule has 6 heteroatoms. The van der Waals surface area contributed by atoms with E-state index >= 15 is 0 Å².